The number of hydrogen-bond donors (Lipinski definition) is 1. The van der Waals surface area contributed by atoms with Crippen LogP contribution in [0, 0.1) is 6.92 Å². The highest BCUT2D eigenvalue weighted by Gasteiger charge is 2.08. The standard InChI is InChI=1S/C13H19NO2S/c1-3-16-13(15)9-17-8-12(14)11-6-4-10(2)5-7-11/h4-7,12H,3,8-9,14H2,1-2H3. The summed E-state index contributed by atoms with van der Waals surface area (Å²) >= 11 is 1.51. The molecule has 0 aromatic heterocycles. The number of aryl methyl sites for hydroxylation is 1. The largest absolute Gasteiger partial charge is 0.465 e. The van der Waals surface area contributed by atoms with Crippen LogP contribution in [0.4, 0.5) is 0 Å². The van der Waals surface area contributed by atoms with E-state index in [1.807, 2.05) is 31.2 Å². The van der Waals surface area contributed by atoms with Gasteiger partial charge in [-0.25, -0.2) is 0 Å². The summed E-state index contributed by atoms with van der Waals surface area (Å²) in [5.41, 5.74) is 8.36. The van der Waals surface area contributed by atoms with Crippen molar-refractivity contribution in [3.8, 4) is 0 Å². The van der Waals surface area contributed by atoms with Crippen LogP contribution in [-0.2, 0) is 9.53 Å². The van der Waals surface area contributed by atoms with E-state index < -0.39 is 0 Å². The summed E-state index contributed by atoms with van der Waals surface area (Å²) in [6, 6.07) is 8.13. The van der Waals surface area contributed by atoms with Gasteiger partial charge in [-0.15, -0.1) is 11.8 Å². The normalized spacial score (nSPS) is 12.2. The van der Waals surface area contributed by atoms with E-state index in [1.165, 1.54) is 17.3 Å². The molecule has 2 N–H and O–H groups in total. The second-order valence-electron chi connectivity index (χ2n) is 3.84. The van der Waals surface area contributed by atoms with Crippen LogP contribution in [0.3, 0.4) is 0 Å². The van der Waals surface area contributed by atoms with Crippen LogP contribution in [0.5, 0.6) is 0 Å². The number of carbonyl (C=O) groups excluding carboxylic acids is 1. The number of benzene rings is 1. The van der Waals surface area contributed by atoms with E-state index in [2.05, 4.69) is 0 Å². The second-order valence-corrected chi connectivity index (χ2v) is 4.87. The molecule has 0 saturated carbocycles. The van der Waals surface area contributed by atoms with Crippen LogP contribution >= 0.6 is 11.8 Å². The fourth-order valence-electron chi connectivity index (χ4n) is 1.38. The molecule has 0 amide bonds. The highest BCUT2D eigenvalue weighted by atomic mass is 32.2. The minimum Gasteiger partial charge on any atom is -0.465 e. The maximum absolute atomic E-state index is 11.1. The smallest absolute Gasteiger partial charge is 0.315 e. The quantitative estimate of drug-likeness (QED) is 0.790. The Hall–Kier alpha value is -1.00. The summed E-state index contributed by atoms with van der Waals surface area (Å²) in [7, 11) is 0. The molecule has 1 atom stereocenters. The van der Waals surface area contributed by atoms with E-state index >= 15 is 0 Å². The van der Waals surface area contributed by atoms with Crippen LogP contribution in [0.1, 0.15) is 24.1 Å². The van der Waals surface area contributed by atoms with E-state index in [4.69, 9.17) is 10.5 Å². The van der Waals surface area contributed by atoms with Crippen LogP contribution in [0.15, 0.2) is 24.3 Å². The molecule has 1 aromatic carbocycles. The minimum atomic E-state index is -0.173. The van der Waals surface area contributed by atoms with E-state index in [0.29, 0.717) is 12.4 Å². The number of carbonyl (C=O) groups is 1. The molecule has 0 heterocycles. The molecule has 1 rings (SSSR count). The molecule has 1 unspecified atom stereocenters. The number of hydrogen-bond acceptors (Lipinski definition) is 4. The third-order valence-corrected chi connectivity index (χ3v) is 3.36. The van der Waals surface area contributed by atoms with Gasteiger partial charge in [-0.1, -0.05) is 29.8 Å². The molecule has 0 radical (unpaired) electrons. The average Bonchev–Trinajstić information content (AvgIpc) is 2.30. The first-order valence-electron chi connectivity index (χ1n) is 5.69. The molecule has 0 spiro atoms. The van der Waals surface area contributed by atoms with Crippen molar-refractivity contribution >= 4 is 17.7 Å². The lowest BCUT2D eigenvalue weighted by Gasteiger charge is -2.11. The highest BCUT2D eigenvalue weighted by Crippen LogP contribution is 2.16. The van der Waals surface area contributed by atoms with Crippen molar-refractivity contribution in [3.63, 3.8) is 0 Å². The van der Waals surface area contributed by atoms with Gasteiger partial charge in [-0.2, -0.15) is 0 Å². The molecule has 1 aromatic rings. The predicted octanol–water partition coefficient (Wildman–Crippen LogP) is 2.29. The Morgan fingerprint density at radius 1 is 1.41 bits per heavy atom. The van der Waals surface area contributed by atoms with Crippen LogP contribution in [0.2, 0.25) is 0 Å². The van der Waals surface area contributed by atoms with Gasteiger partial charge in [0.15, 0.2) is 0 Å². The SMILES string of the molecule is CCOC(=O)CSCC(N)c1ccc(C)cc1. The number of esters is 1. The molecular formula is C13H19NO2S. The summed E-state index contributed by atoms with van der Waals surface area (Å²) in [5.74, 6) is 0.920. The zero-order chi connectivity index (χ0) is 12.7. The van der Waals surface area contributed by atoms with Crippen LogP contribution in [0.25, 0.3) is 0 Å². The number of rotatable bonds is 6. The van der Waals surface area contributed by atoms with Crippen molar-refractivity contribution in [1.29, 1.82) is 0 Å². The Balaban J connectivity index is 2.32. The van der Waals surface area contributed by atoms with Gasteiger partial charge in [0.2, 0.25) is 0 Å². The number of ether oxygens (including phenoxy) is 1. The van der Waals surface area contributed by atoms with Gasteiger partial charge in [0.1, 0.15) is 0 Å². The van der Waals surface area contributed by atoms with E-state index in [0.717, 1.165) is 11.3 Å². The first kappa shape index (κ1) is 14.1. The molecule has 0 bridgehead atoms. The molecule has 0 aliphatic heterocycles. The average molecular weight is 253 g/mol. The van der Waals surface area contributed by atoms with Crippen molar-refractivity contribution in [2.75, 3.05) is 18.1 Å². The van der Waals surface area contributed by atoms with Gasteiger partial charge in [0.05, 0.1) is 12.4 Å². The molecule has 0 saturated heterocycles. The Morgan fingerprint density at radius 2 is 2.06 bits per heavy atom. The van der Waals surface area contributed by atoms with Crippen molar-refractivity contribution in [2.45, 2.75) is 19.9 Å². The third kappa shape index (κ3) is 5.24. The maximum Gasteiger partial charge on any atom is 0.315 e. The fourth-order valence-corrected chi connectivity index (χ4v) is 2.20. The lowest BCUT2D eigenvalue weighted by atomic mass is 10.1. The minimum absolute atomic E-state index is 0.0324. The van der Waals surface area contributed by atoms with Gasteiger partial charge in [-0.3, -0.25) is 4.79 Å². The summed E-state index contributed by atoms with van der Waals surface area (Å²) in [5, 5.41) is 0. The van der Waals surface area contributed by atoms with Gasteiger partial charge >= 0.3 is 5.97 Å². The Kier molecular flexibility index (Phi) is 6.08. The summed E-state index contributed by atoms with van der Waals surface area (Å²) in [6.45, 7) is 4.29. The number of nitrogens with two attached hydrogens (primary N) is 1. The first-order valence-corrected chi connectivity index (χ1v) is 6.84. The van der Waals surface area contributed by atoms with Crippen LogP contribution < -0.4 is 5.73 Å². The van der Waals surface area contributed by atoms with Gasteiger partial charge in [0.25, 0.3) is 0 Å². The predicted molar refractivity (Wildman–Crippen MR) is 72.1 cm³/mol. The lowest BCUT2D eigenvalue weighted by molar-refractivity contribution is -0.139. The van der Waals surface area contributed by atoms with Gasteiger partial charge in [0, 0.05) is 11.8 Å². The zero-order valence-electron chi connectivity index (χ0n) is 10.3. The topological polar surface area (TPSA) is 52.3 Å². The van der Waals surface area contributed by atoms with Crippen molar-refractivity contribution < 1.29 is 9.53 Å². The second kappa shape index (κ2) is 7.35. The monoisotopic (exact) mass is 253 g/mol. The van der Waals surface area contributed by atoms with Gasteiger partial charge in [-0.05, 0) is 19.4 Å². The summed E-state index contributed by atoms with van der Waals surface area (Å²) in [6.07, 6.45) is 0. The highest BCUT2D eigenvalue weighted by molar-refractivity contribution is 7.99. The van der Waals surface area contributed by atoms with E-state index in [-0.39, 0.29) is 12.0 Å². The molecule has 17 heavy (non-hydrogen) atoms. The molecular weight excluding hydrogens is 234 g/mol. The number of thioether (sulfide) groups is 1. The van der Waals surface area contributed by atoms with Crippen molar-refractivity contribution in [2.24, 2.45) is 5.73 Å². The zero-order valence-corrected chi connectivity index (χ0v) is 11.1. The Bertz CT molecular complexity index is 351. The molecule has 0 aliphatic rings. The summed E-state index contributed by atoms with van der Waals surface area (Å²) < 4.78 is 4.84. The fraction of sp³-hybridized carbons (Fsp3) is 0.462. The maximum atomic E-state index is 11.1. The van der Waals surface area contributed by atoms with Crippen molar-refractivity contribution in [3.05, 3.63) is 35.4 Å². The molecule has 0 fully saturated rings. The summed E-state index contributed by atoms with van der Waals surface area (Å²) in [4.78, 5) is 11.1. The van der Waals surface area contributed by atoms with Crippen LogP contribution in [-0.4, -0.2) is 24.1 Å². The van der Waals surface area contributed by atoms with Gasteiger partial charge < -0.3 is 10.5 Å². The first-order chi connectivity index (χ1) is 8.13. The van der Waals surface area contributed by atoms with E-state index in [1.54, 1.807) is 6.92 Å². The van der Waals surface area contributed by atoms with E-state index in [9.17, 15) is 4.79 Å². The Labute approximate surface area is 107 Å². The molecule has 94 valence electrons. The molecule has 4 heteroatoms. The lowest BCUT2D eigenvalue weighted by Crippen LogP contribution is -2.15. The van der Waals surface area contributed by atoms with Crippen molar-refractivity contribution in [1.82, 2.24) is 0 Å². The molecule has 0 aliphatic carbocycles. The third-order valence-electron chi connectivity index (χ3n) is 2.33. The molecule has 3 nitrogen and oxygen atoms in total. The Morgan fingerprint density at radius 3 is 2.65 bits per heavy atom.